The van der Waals surface area contributed by atoms with Crippen LogP contribution in [0.15, 0.2) is 58.3 Å². The Labute approximate surface area is 195 Å². The number of anilines is 1. The van der Waals surface area contributed by atoms with Gasteiger partial charge in [0, 0.05) is 10.9 Å². The number of nitrogens with zero attached hydrogens (tertiary/aromatic N) is 2. The Morgan fingerprint density at radius 2 is 1.81 bits per heavy atom. The summed E-state index contributed by atoms with van der Waals surface area (Å²) >= 11 is 1.54. The molecule has 2 aromatic rings. The van der Waals surface area contributed by atoms with E-state index in [0.29, 0.717) is 18.0 Å². The van der Waals surface area contributed by atoms with Crippen LogP contribution in [-0.4, -0.2) is 64.8 Å². The Bertz CT molecular complexity index is 1000. The van der Waals surface area contributed by atoms with Crippen LogP contribution in [0.5, 0.6) is 5.75 Å². The summed E-state index contributed by atoms with van der Waals surface area (Å²) in [5.74, 6) is 0.0987. The van der Waals surface area contributed by atoms with Crippen LogP contribution < -0.4 is 14.4 Å². The predicted molar refractivity (Wildman–Crippen MR) is 129 cm³/mol. The van der Waals surface area contributed by atoms with E-state index in [0.717, 1.165) is 35.1 Å². The number of nitrogens with one attached hydrogen (secondary N) is 1. The summed E-state index contributed by atoms with van der Waals surface area (Å²) in [6, 6.07) is 13.6. The van der Waals surface area contributed by atoms with E-state index >= 15 is 0 Å². The third-order valence-corrected chi connectivity index (χ3v) is 7.97. The second-order valence-corrected chi connectivity index (χ2v) is 10.5. The van der Waals surface area contributed by atoms with Gasteiger partial charge in [0.15, 0.2) is 0 Å². The van der Waals surface area contributed by atoms with E-state index in [1.165, 1.54) is 11.8 Å². The van der Waals surface area contributed by atoms with Crippen molar-refractivity contribution in [2.45, 2.75) is 35.6 Å². The summed E-state index contributed by atoms with van der Waals surface area (Å²) in [6.45, 7) is 3.71. The van der Waals surface area contributed by atoms with Gasteiger partial charge in [0.25, 0.3) is 10.0 Å². The molecule has 1 N–H and O–H groups in total. The molecule has 0 atom stereocenters. The predicted octanol–water partition coefficient (Wildman–Crippen LogP) is 3.21. The smallest absolute Gasteiger partial charge is 0.264 e. The molecule has 0 saturated carbocycles. The summed E-state index contributed by atoms with van der Waals surface area (Å²) in [5, 5.41) is 3.02. The van der Waals surface area contributed by atoms with E-state index in [2.05, 4.69) is 17.3 Å². The number of ether oxygens (including phenoxy) is 1. The van der Waals surface area contributed by atoms with Crippen LogP contribution in [0.1, 0.15) is 19.8 Å². The fourth-order valence-corrected chi connectivity index (χ4v) is 5.51. The Hall–Kier alpha value is -2.23. The molecule has 7 nitrogen and oxygen atoms in total. The molecule has 3 rings (SSSR count). The zero-order chi connectivity index (χ0) is 23.1. The van der Waals surface area contributed by atoms with E-state index in [-0.39, 0.29) is 23.4 Å². The molecule has 32 heavy (non-hydrogen) atoms. The highest BCUT2D eigenvalue weighted by molar-refractivity contribution is 7.98. The maximum absolute atomic E-state index is 13.6. The lowest BCUT2D eigenvalue weighted by molar-refractivity contribution is -0.120. The summed E-state index contributed by atoms with van der Waals surface area (Å²) in [4.78, 5) is 16.3. The highest BCUT2D eigenvalue weighted by Gasteiger charge is 2.30. The molecule has 0 aromatic heterocycles. The lowest BCUT2D eigenvalue weighted by Gasteiger charge is -2.31. The van der Waals surface area contributed by atoms with Crippen molar-refractivity contribution in [3.63, 3.8) is 0 Å². The molecule has 0 bridgehead atoms. The fourth-order valence-electron chi connectivity index (χ4n) is 3.67. The van der Waals surface area contributed by atoms with Gasteiger partial charge in [0.1, 0.15) is 12.3 Å². The minimum atomic E-state index is -3.99. The number of thioether (sulfide) groups is 1. The fraction of sp³-hybridized carbons (Fsp3) is 0.435. The van der Waals surface area contributed by atoms with Crippen LogP contribution in [0.25, 0.3) is 0 Å². The average molecular weight is 478 g/mol. The van der Waals surface area contributed by atoms with Gasteiger partial charge in [-0.1, -0.05) is 12.1 Å². The van der Waals surface area contributed by atoms with Crippen molar-refractivity contribution in [2.75, 3.05) is 43.8 Å². The normalized spacial score (nSPS) is 15.3. The van der Waals surface area contributed by atoms with Crippen molar-refractivity contribution in [1.29, 1.82) is 0 Å². The molecular formula is C23H31N3O4S2. The largest absolute Gasteiger partial charge is 0.492 e. The molecule has 1 aliphatic heterocycles. The van der Waals surface area contributed by atoms with Crippen molar-refractivity contribution >= 4 is 33.4 Å². The first kappa shape index (κ1) is 24.4. The highest BCUT2D eigenvalue weighted by atomic mass is 32.2. The first-order valence-corrected chi connectivity index (χ1v) is 13.4. The lowest BCUT2D eigenvalue weighted by Crippen LogP contribution is -2.47. The third-order valence-electron chi connectivity index (χ3n) is 5.45. The van der Waals surface area contributed by atoms with E-state index in [1.807, 2.05) is 13.2 Å². The SMILES string of the molecule is CCOc1ccccc1N(CC(=O)NC1CCN(C)CC1)S(=O)(=O)c1ccc(SC)cc1. The molecule has 9 heteroatoms. The first-order chi connectivity index (χ1) is 15.3. The topological polar surface area (TPSA) is 79.0 Å². The Kier molecular flexibility index (Phi) is 8.44. The number of hydrogen-bond acceptors (Lipinski definition) is 6. The molecule has 1 aliphatic rings. The molecule has 0 radical (unpaired) electrons. The molecule has 1 fully saturated rings. The molecule has 0 unspecified atom stereocenters. The average Bonchev–Trinajstić information content (AvgIpc) is 2.80. The second-order valence-electron chi connectivity index (χ2n) is 7.73. The molecular weight excluding hydrogens is 446 g/mol. The maximum Gasteiger partial charge on any atom is 0.264 e. The first-order valence-electron chi connectivity index (χ1n) is 10.7. The van der Waals surface area contributed by atoms with Crippen molar-refractivity contribution in [3.8, 4) is 5.75 Å². The molecule has 2 aromatic carbocycles. The van der Waals surface area contributed by atoms with Gasteiger partial charge in [0.05, 0.1) is 17.2 Å². The Balaban J connectivity index is 1.91. The van der Waals surface area contributed by atoms with Gasteiger partial charge in [-0.25, -0.2) is 8.42 Å². The van der Waals surface area contributed by atoms with Crippen LogP contribution in [0.2, 0.25) is 0 Å². The summed E-state index contributed by atoms with van der Waals surface area (Å²) in [5.41, 5.74) is 0.349. The number of rotatable bonds is 9. The summed E-state index contributed by atoms with van der Waals surface area (Å²) < 4.78 is 34.1. The van der Waals surface area contributed by atoms with Gasteiger partial charge in [-0.05, 0) is 82.6 Å². The van der Waals surface area contributed by atoms with Crippen LogP contribution in [0.3, 0.4) is 0 Å². The Morgan fingerprint density at radius 3 is 2.44 bits per heavy atom. The van der Waals surface area contributed by atoms with Crippen LogP contribution in [0, 0.1) is 0 Å². The van der Waals surface area contributed by atoms with Gasteiger partial charge in [-0.3, -0.25) is 9.10 Å². The van der Waals surface area contributed by atoms with Gasteiger partial charge < -0.3 is 15.0 Å². The summed E-state index contributed by atoms with van der Waals surface area (Å²) in [6.07, 6.45) is 3.63. The molecule has 0 aliphatic carbocycles. The van der Waals surface area contributed by atoms with E-state index in [1.54, 1.807) is 48.5 Å². The van der Waals surface area contributed by atoms with Crippen molar-refractivity contribution in [2.24, 2.45) is 0 Å². The number of hydrogen-bond donors (Lipinski definition) is 1. The zero-order valence-electron chi connectivity index (χ0n) is 18.8. The molecule has 174 valence electrons. The van der Waals surface area contributed by atoms with Crippen molar-refractivity contribution in [3.05, 3.63) is 48.5 Å². The number of amides is 1. The van der Waals surface area contributed by atoms with Crippen molar-refractivity contribution < 1.29 is 17.9 Å². The quantitative estimate of drug-likeness (QED) is 0.559. The molecule has 1 saturated heterocycles. The highest BCUT2D eigenvalue weighted by Crippen LogP contribution is 2.33. The summed E-state index contributed by atoms with van der Waals surface area (Å²) in [7, 11) is -1.93. The third kappa shape index (κ3) is 5.96. The number of benzene rings is 2. The van der Waals surface area contributed by atoms with E-state index < -0.39 is 10.0 Å². The number of piperidine rings is 1. The van der Waals surface area contributed by atoms with Crippen LogP contribution in [0.4, 0.5) is 5.69 Å². The lowest BCUT2D eigenvalue weighted by atomic mass is 10.1. The molecule has 1 heterocycles. The molecule has 0 spiro atoms. The monoisotopic (exact) mass is 477 g/mol. The maximum atomic E-state index is 13.6. The number of para-hydroxylation sites is 2. The van der Waals surface area contributed by atoms with Gasteiger partial charge in [0.2, 0.25) is 5.91 Å². The van der Waals surface area contributed by atoms with E-state index in [9.17, 15) is 13.2 Å². The second kappa shape index (κ2) is 11.1. The zero-order valence-corrected chi connectivity index (χ0v) is 20.4. The van der Waals surface area contributed by atoms with Gasteiger partial charge in [-0.2, -0.15) is 0 Å². The van der Waals surface area contributed by atoms with Crippen LogP contribution in [-0.2, 0) is 14.8 Å². The number of carbonyl (C=O) groups excluding carboxylic acids is 1. The Morgan fingerprint density at radius 1 is 1.16 bits per heavy atom. The molecule has 1 amide bonds. The number of sulfonamides is 1. The van der Waals surface area contributed by atoms with Crippen LogP contribution >= 0.6 is 11.8 Å². The van der Waals surface area contributed by atoms with E-state index in [4.69, 9.17) is 4.74 Å². The number of carbonyl (C=O) groups is 1. The minimum Gasteiger partial charge on any atom is -0.492 e. The van der Waals surface area contributed by atoms with Crippen molar-refractivity contribution in [1.82, 2.24) is 10.2 Å². The van der Waals surface area contributed by atoms with Gasteiger partial charge >= 0.3 is 0 Å². The standard InChI is InChI=1S/C23H31N3O4S2/c1-4-30-22-8-6-5-7-21(22)26(17-23(27)24-18-13-15-25(2)16-14-18)32(28,29)20-11-9-19(31-3)10-12-20/h5-12,18H,4,13-17H2,1-3H3,(H,24,27). The van der Waals surface area contributed by atoms with Gasteiger partial charge in [-0.15, -0.1) is 11.8 Å². The number of likely N-dealkylation sites (tertiary alicyclic amines) is 1. The minimum absolute atomic E-state index is 0.0475.